The van der Waals surface area contributed by atoms with Gasteiger partial charge in [-0.3, -0.25) is 4.79 Å². The number of thiazole rings is 1. The minimum absolute atomic E-state index is 0.0390. The minimum atomic E-state index is -3.62. The van der Waals surface area contributed by atoms with Crippen LogP contribution in [0.15, 0.2) is 21.5 Å². The Hall–Kier alpha value is -1.45. The summed E-state index contributed by atoms with van der Waals surface area (Å²) in [7, 11) is -3.62. The Bertz CT molecular complexity index is 669. The van der Waals surface area contributed by atoms with E-state index in [1.54, 1.807) is 13.1 Å². The van der Waals surface area contributed by atoms with E-state index in [4.69, 9.17) is 0 Å². The molecule has 2 aromatic rings. The van der Waals surface area contributed by atoms with E-state index in [1.165, 1.54) is 6.33 Å². The largest absolute Gasteiger partial charge is 0.348 e. The topological polar surface area (TPSA) is 108 Å². The molecule has 0 atom stereocenters. The summed E-state index contributed by atoms with van der Waals surface area (Å²) in [6.45, 7) is 1.80. The Labute approximate surface area is 107 Å². The molecule has 3 N–H and O–H groups in total. The summed E-state index contributed by atoms with van der Waals surface area (Å²) in [5.74, 6) is 0. The number of hydrogen-bond acceptors (Lipinski definition) is 5. The van der Waals surface area contributed by atoms with Crippen molar-refractivity contribution in [3.63, 3.8) is 0 Å². The van der Waals surface area contributed by atoms with Crippen LogP contribution >= 0.6 is 11.3 Å². The number of nitrogens with one attached hydrogen (secondary N) is 3. The molecule has 2 rings (SSSR count). The molecule has 98 valence electrons. The van der Waals surface area contributed by atoms with Crippen LogP contribution in [0.1, 0.15) is 11.4 Å². The maximum absolute atomic E-state index is 11.9. The molecule has 0 aliphatic rings. The monoisotopic (exact) mass is 288 g/mol. The van der Waals surface area contributed by atoms with E-state index >= 15 is 0 Å². The van der Waals surface area contributed by atoms with Gasteiger partial charge in [-0.1, -0.05) is 11.3 Å². The van der Waals surface area contributed by atoms with Gasteiger partial charge in [0.25, 0.3) is 10.0 Å². The highest BCUT2D eigenvalue weighted by molar-refractivity contribution is 7.91. The number of hydrogen-bond donors (Lipinski definition) is 3. The van der Waals surface area contributed by atoms with Crippen LogP contribution in [0.5, 0.6) is 0 Å². The predicted molar refractivity (Wildman–Crippen MR) is 67.2 cm³/mol. The predicted octanol–water partition coefficient (Wildman–Crippen LogP) is -0.0111. The van der Waals surface area contributed by atoms with E-state index in [0.29, 0.717) is 23.5 Å². The van der Waals surface area contributed by atoms with Crippen molar-refractivity contribution in [2.24, 2.45) is 0 Å². The lowest BCUT2D eigenvalue weighted by atomic mass is 10.3. The van der Waals surface area contributed by atoms with Crippen molar-refractivity contribution < 1.29 is 8.42 Å². The molecule has 9 heteroatoms. The number of aromatic amines is 2. The maximum atomic E-state index is 11.9. The number of aryl methyl sites for hydroxylation is 1. The van der Waals surface area contributed by atoms with Gasteiger partial charge in [-0.2, -0.15) is 0 Å². The number of nitrogens with zero attached hydrogens (tertiary/aromatic N) is 1. The number of sulfonamides is 1. The van der Waals surface area contributed by atoms with Crippen molar-refractivity contribution in [3.05, 3.63) is 33.6 Å². The first-order valence-corrected chi connectivity index (χ1v) is 7.45. The van der Waals surface area contributed by atoms with Crippen molar-refractivity contribution in [2.45, 2.75) is 17.6 Å². The molecule has 7 nitrogen and oxygen atoms in total. The summed E-state index contributed by atoms with van der Waals surface area (Å²) < 4.78 is 26.3. The quantitative estimate of drug-likeness (QED) is 0.719. The molecule has 0 fully saturated rings. The number of imidazole rings is 1. The van der Waals surface area contributed by atoms with Gasteiger partial charge in [-0.05, 0) is 6.92 Å². The molecule has 0 aliphatic heterocycles. The van der Waals surface area contributed by atoms with Crippen LogP contribution in [0.3, 0.4) is 0 Å². The Morgan fingerprint density at radius 3 is 2.83 bits per heavy atom. The van der Waals surface area contributed by atoms with Crippen molar-refractivity contribution in [1.29, 1.82) is 0 Å². The molecule has 18 heavy (non-hydrogen) atoms. The molecule has 2 heterocycles. The van der Waals surface area contributed by atoms with Gasteiger partial charge in [-0.15, -0.1) is 0 Å². The SMILES string of the molecule is Cc1[nH]c(=O)sc1S(=O)(=O)NCCc1cnc[nH]1. The van der Waals surface area contributed by atoms with Crippen molar-refractivity contribution in [3.8, 4) is 0 Å². The highest BCUT2D eigenvalue weighted by atomic mass is 32.2. The third-order valence-corrected chi connectivity index (χ3v) is 5.33. The van der Waals surface area contributed by atoms with Crippen LogP contribution in [-0.4, -0.2) is 29.9 Å². The van der Waals surface area contributed by atoms with Crippen molar-refractivity contribution in [2.75, 3.05) is 6.54 Å². The van der Waals surface area contributed by atoms with Crippen molar-refractivity contribution >= 4 is 21.4 Å². The zero-order chi connectivity index (χ0) is 13.2. The zero-order valence-electron chi connectivity index (χ0n) is 9.56. The molecule has 0 spiro atoms. The normalized spacial score (nSPS) is 11.8. The lowest BCUT2D eigenvalue weighted by Crippen LogP contribution is -2.26. The molecule has 0 aromatic carbocycles. The van der Waals surface area contributed by atoms with Gasteiger partial charge in [0.15, 0.2) is 4.21 Å². The molecular formula is C9H12N4O3S2. The van der Waals surface area contributed by atoms with Gasteiger partial charge < -0.3 is 9.97 Å². The first-order valence-electron chi connectivity index (χ1n) is 5.15. The second-order valence-electron chi connectivity index (χ2n) is 3.65. The maximum Gasteiger partial charge on any atom is 0.305 e. The first kappa shape index (κ1) is 13.0. The van der Waals surface area contributed by atoms with Crippen LogP contribution in [0, 0.1) is 6.92 Å². The Morgan fingerprint density at radius 1 is 1.50 bits per heavy atom. The van der Waals surface area contributed by atoms with E-state index in [2.05, 4.69) is 19.7 Å². The van der Waals surface area contributed by atoms with E-state index in [0.717, 1.165) is 5.69 Å². The molecular weight excluding hydrogens is 276 g/mol. The second-order valence-corrected chi connectivity index (χ2v) is 6.60. The third-order valence-electron chi connectivity index (χ3n) is 2.27. The van der Waals surface area contributed by atoms with Crippen LogP contribution in [0.4, 0.5) is 0 Å². The smallest absolute Gasteiger partial charge is 0.305 e. The molecule has 0 saturated carbocycles. The summed E-state index contributed by atoms with van der Waals surface area (Å²) in [6, 6.07) is 0. The van der Waals surface area contributed by atoms with Gasteiger partial charge in [0, 0.05) is 30.6 Å². The average Bonchev–Trinajstić information content (AvgIpc) is 2.88. The molecule has 0 saturated heterocycles. The van der Waals surface area contributed by atoms with Crippen LogP contribution in [0.25, 0.3) is 0 Å². The molecule has 0 unspecified atom stereocenters. The Balaban J connectivity index is 2.04. The standard InChI is InChI=1S/C9H12N4O3S2/c1-6-8(17-9(14)13-6)18(15,16)12-3-2-7-4-10-5-11-7/h4-5,12H,2-3H2,1H3,(H,10,11)(H,13,14). The highest BCUT2D eigenvalue weighted by Gasteiger charge is 2.19. The summed E-state index contributed by atoms with van der Waals surface area (Å²) >= 11 is 0.687. The van der Waals surface area contributed by atoms with Gasteiger partial charge in [-0.25, -0.2) is 18.1 Å². The molecule has 0 amide bonds. The summed E-state index contributed by atoms with van der Waals surface area (Å²) in [4.78, 5) is 19.9. The molecule has 2 aromatic heterocycles. The van der Waals surface area contributed by atoms with Gasteiger partial charge in [0.2, 0.25) is 0 Å². The third kappa shape index (κ3) is 2.86. The summed E-state index contributed by atoms with van der Waals surface area (Å²) in [6.07, 6.45) is 3.68. The first-order chi connectivity index (χ1) is 8.49. The molecule has 0 radical (unpaired) electrons. The fourth-order valence-electron chi connectivity index (χ4n) is 1.45. The fourth-order valence-corrected chi connectivity index (χ4v) is 3.83. The molecule has 0 aliphatic carbocycles. The zero-order valence-corrected chi connectivity index (χ0v) is 11.2. The minimum Gasteiger partial charge on any atom is -0.348 e. The van der Waals surface area contributed by atoms with E-state index in [9.17, 15) is 13.2 Å². The second kappa shape index (κ2) is 5.04. The van der Waals surface area contributed by atoms with E-state index in [-0.39, 0.29) is 15.6 Å². The number of H-pyrrole nitrogens is 2. The highest BCUT2D eigenvalue weighted by Crippen LogP contribution is 2.15. The van der Waals surface area contributed by atoms with E-state index in [1.807, 2.05) is 0 Å². The van der Waals surface area contributed by atoms with Crippen LogP contribution in [-0.2, 0) is 16.4 Å². The molecule has 0 bridgehead atoms. The van der Waals surface area contributed by atoms with Crippen LogP contribution in [0.2, 0.25) is 0 Å². The lowest BCUT2D eigenvalue weighted by molar-refractivity contribution is 0.582. The number of rotatable bonds is 5. The number of aromatic nitrogens is 3. The summed E-state index contributed by atoms with van der Waals surface area (Å²) in [5.41, 5.74) is 1.20. The fraction of sp³-hybridized carbons (Fsp3) is 0.333. The lowest BCUT2D eigenvalue weighted by Gasteiger charge is -2.04. The average molecular weight is 288 g/mol. The van der Waals surface area contributed by atoms with Gasteiger partial charge in [0.1, 0.15) is 0 Å². The Kier molecular flexibility index (Phi) is 3.64. The van der Waals surface area contributed by atoms with Gasteiger partial charge >= 0.3 is 4.87 Å². The van der Waals surface area contributed by atoms with Crippen molar-refractivity contribution in [1.82, 2.24) is 19.7 Å². The Morgan fingerprint density at radius 2 is 2.28 bits per heavy atom. The van der Waals surface area contributed by atoms with Gasteiger partial charge in [0.05, 0.1) is 6.33 Å². The van der Waals surface area contributed by atoms with E-state index < -0.39 is 10.0 Å². The summed E-state index contributed by atoms with van der Waals surface area (Å²) in [5, 5.41) is 0. The van der Waals surface area contributed by atoms with Crippen LogP contribution < -0.4 is 9.60 Å².